The van der Waals surface area contributed by atoms with E-state index in [2.05, 4.69) is 18.6 Å². The van der Waals surface area contributed by atoms with Gasteiger partial charge in [-0.1, -0.05) is 26.0 Å². The maximum absolute atomic E-state index is 11.9. The number of rotatable bonds is 5. The Morgan fingerprint density at radius 1 is 1.19 bits per heavy atom. The fraction of sp³-hybridized carbons (Fsp3) is 0.500. The molecule has 0 saturated carbocycles. The largest absolute Gasteiger partial charge is 0.435 e. The molecule has 2 N–H and O–H groups in total. The molecule has 1 aromatic rings. The summed E-state index contributed by atoms with van der Waals surface area (Å²) in [7, 11) is 0. The second-order valence-electron chi connectivity index (χ2n) is 4.13. The number of halogens is 2. The second kappa shape index (κ2) is 5.80. The summed E-state index contributed by atoms with van der Waals surface area (Å²) in [5.74, 6) is 0.578. The fourth-order valence-electron chi connectivity index (χ4n) is 1.31. The molecule has 0 fully saturated rings. The molecule has 0 saturated heterocycles. The van der Waals surface area contributed by atoms with Gasteiger partial charge in [0, 0.05) is 6.04 Å². The van der Waals surface area contributed by atoms with E-state index >= 15 is 0 Å². The van der Waals surface area contributed by atoms with E-state index in [-0.39, 0.29) is 11.8 Å². The molecule has 0 amide bonds. The number of ether oxygens (including phenoxy) is 1. The lowest BCUT2D eigenvalue weighted by molar-refractivity contribution is -0.0498. The van der Waals surface area contributed by atoms with Gasteiger partial charge in [0.25, 0.3) is 0 Å². The van der Waals surface area contributed by atoms with Crippen LogP contribution in [0.2, 0.25) is 0 Å². The van der Waals surface area contributed by atoms with Crippen molar-refractivity contribution in [1.29, 1.82) is 0 Å². The van der Waals surface area contributed by atoms with Gasteiger partial charge in [-0.25, -0.2) is 0 Å². The van der Waals surface area contributed by atoms with Crippen LogP contribution in [0.5, 0.6) is 5.75 Å². The van der Waals surface area contributed by atoms with Crippen molar-refractivity contribution in [1.82, 2.24) is 0 Å². The normalized spacial score (nSPS) is 13.2. The fourth-order valence-corrected chi connectivity index (χ4v) is 1.31. The molecular formula is C12H17F2NO. The van der Waals surface area contributed by atoms with Crippen LogP contribution in [0.1, 0.15) is 19.4 Å². The van der Waals surface area contributed by atoms with Crippen molar-refractivity contribution < 1.29 is 13.5 Å². The van der Waals surface area contributed by atoms with Gasteiger partial charge in [0.15, 0.2) is 0 Å². The molecule has 1 aromatic carbocycles. The zero-order valence-electron chi connectivity index (χ0n) is 9.49. The summed E-state index contributed by atoms with van der Waals surface area (Å²) in [4.78, 5) is 0. The minimum Gasteiger partial charge on any atom is -0.435 e. The highest BCUT2D eigenvalue weighted by molar-refractivity contribution is 5.27. The molecule has 1 rings (SSSR count). The SMILES string of the molecule is CC(C)C(N)Cc1ccc(OC(F)F)cc1. The molecular weight excluding hydrogens is 212 g/mol. The van der Waals surface area contributed by atoms with Crippen LogP contribution in [0.4, 0.5) is 8.78 Å². The summed E-state index contributed by atoms with van der Waals surface area (Å²) in [5.41, 5.74) is 6.95. The van der Waals surface area contributed by atoms with Crippen LogP contribution < -0.4 is 10.5 Å². The number of hydrogen-bond donors (Lipinski definition) is 1. The molecule has 0 bridgehead atoms. The molecule has 0 aromatic heterocycles. The molecule has 1 atom stereocenters. The first-order valence-corrected chi connectivity index (χ1v) is 5.28. The molecule has 1 unspecified atom stereocenters. The highest BCUT2D eigenvalue weighted by atomic mass is 19.3. The van der Waals surface area contributed by atoms with Gasteiger partial charge in [-0.2, -0.15) is 8.78 Å². The topological polar surface area (TPSA) is 35.2 Å². The smallest absolute Gasteiger partial charge is 0.387 e. The van der Waals surface area contributed by atoms with Gasteiger partial charge < -0.3 is 10.5 Å². The van der Waals surface area contributed by atoms with E-state index in [1.54, 1.807) is 12.1 Å². The molecule has 0 aliphatic carbocycles. The Morgan fingerprint density at radius 3 is 2.19 bits per heavy atom. The van der Waals surface area contributed by atoms with Gasteiger partial charge >= 0.3 is 6.61 Å². The van der Waals surface area contributed by atoms with Crippen molar-refractivity contribution in [2.24, 2.45) is 11.7 Å². The standard InChI is InChI=1S/C12H17F2NO/c1-8(2)11(15)7-9-3-5-10(6-4-9)16-12(13)14/h3-6,8,11-12H,7,15H2,1-2H3. The molecule has 16 heavy (non-hydrogen) atoms. The van der Waals surface area contributed by atoms with Crippen LogP contribution in [0, 0.1) is 5.92 Å². The molecule has 2 nitrogen and oxygen atoms in total. The van der Waals surface area contributed by atoms with Crippen molar-refractivity contribution >= 4 is 0 Å². The number of nitrogens with two attached hydrogens (primary N) is 1. The van der Waals surface area contributed by atoms with Crippen LogP contribution in [0.15, 0.2) is 24.3 Å². The van der Waals surface area contributed by atoms with Crippen molar-refractivity contribution in [2.45, 2.75) is 32.9 Å². The van der Waals surface area contributed by atoms with E-state index in [0.29, 0.717) is 5.92 Å². The summed E-state index contributed by atoms with van der Waals surface area (Å²) in [5, 5.41) is 0. The van der Waals surface area contributed by atoms with Crippen molar-refractivity contribution in [3.8, 4) is 5.75 Å². The molecule has 4 heteroatoms. The van der Waals surface area contributed by atoms with E-state index in [0.717, 1.165) is 12.0 Å². The summed E-state index contributed by atoms with van der Waals surface area (Å²) < 4.78 is 28.0. The predicted molar refractivity (Wildman–Crippen MR) is 59.6 cm³/mol. The van der Waals surface area contributed by atoms with E-state index in [9.17, 15) is 8.78 Å². The van der Waals surface area contributed by atoms with Crippen LogP contribution in [-0.2, 0) is 6.42 Å². The number of hydrogen-bond acceptors (Lipinski definition) is 2. The summed E-state index contributed by atoms with van der Waals surface area (Å²) >= 11 is 0. The Labute approximate surface area is 94.4 Å². The Bertz CT molecular complexity index is 311. The summed E-state index contributed by atoms with van der Waals surface area (Å²) in [6.45, 7) is 1.33. The quantitative estimate of drug-likeness (QED) is 0.842. The lowest BCUT2D eigenvalue weighted by Gasteiger charge is -2.15. The first-order chi connectivity index (χ1) is 7.49. The van der Waals surface area contributed by atoms with Crippen LogP contribution in [-0.4, -0.2) is 12.7 Å². The van der Waals surface area contributed by atoms with Crippen LogP contribution in [0.25, 0.3) is 0 Å². The third-order valence-corrected chi connectivity index (χ3v) is 2.48. The molecule has 90 valence electrons. The van der Waals surface area contributed by atoms with Gasteiger partial charge in [0.1, 0.15) is 5.75 Å². The van der Waals surface area contributed by atoms with E-state index in [1.807, 2.05) is 0 Å². The average Bonchev–Trinajstić information content (AvgIpc) is 2.20. The van der Waals surface area contributed by atoms with E-state index in [1.165, 1.54) is 12.1 Å². The Kier molecular flexibility index (Phi) is 4.68. The summed E-state index contributed by atoms with van der Waals surface area (Å²) in [6, 6.07) is 6.69. The average molecular weight is 229 g/mol. The van der Waals surface area contributed by atoms with Gasteiger partial charge in [-0.3, -0.25) is 0 Å². The minimum absolute atomic E-state index is 0.0851. The van der Waals surface area contributed by atoms with Crippen molar-refractivity contribution in [3.05, 3.63) is 29.8 Å². The molecule has 0 spiro atoms. The highest BCUT2D eigenvalue weighted by Gasteiger charge is 2.09. The predicted octanol–water partition coefficient (Wildman–Crippen LogP) is 2.81. The third kappa shape index (κ3) is 4.14. The van der Waals surface area contributed by atoms with Gasteiger partial charge in [-0.15, -0.1) is 0 Å². The van der Waals surface area contributed by atoms with Crippen LogP contribution >= 0.6 is 0 Å². The third-order valence-electron chi connectivity index (χ3n) is 2.48. The van der Waals surface area contributed by atoms with Gasteiger partial charge in [0.2, 0.25) is 0 Å². The zero-order valence-corrected chi connectivity index (χ0v) is 9.49. The van der Waals surface area contributed by atoms with Gasteiger partial charge in [0.05, 0.1) is 0 Å². The zero-order chi connectivity index (χ0) is 12.1. The number of benzene rings is 1. The van der Waals surface area contributed by atoms with Crippen molar-refractivity contribution in [3.63, 3.8) is 0 Å². The maximum atomic E-state index is 11.9. The first-order valence-electron chi connectivity index (χ1n) is 5.28. The maximum Gasteiger partial charge on any atom is 0.387 e. The monoisotopic (exact) mass is 229 g/mol. The van der Waals surface area contributed by atoms with Crippen molar-refractivity contribution in [2.75, 3.05) is 0 Å². The highest BCUT2D eigenvalue weighted by Crippen LogP contribution is 2.16. The minimum atomic E-state index is -2.77. The van der Waals surface area contributed by atoms with Crippen LogP contribution in [0.3, 0.4) is 0 Å². The first kappa shape index (κ1) is 12.9. The second-order valence-corrected chi connectivity index (χ2v) is 4.13. The molecule has 0 aliphatic heterocycles. The van der Waals surface area contributed by atoms with E-state index in [4.69, 9.17) is 5.73 Å². The number of alkyl halides is 2. The summed E-state index contributed by atoms with van der Waals surface area (Å²) in [6.07, 6.45) is 0.743. The lowest BCUT2D eigenvalue weighted by atomic mass is 9.97. The Morgan fingerprint density at radius 2 is 1.75 bits per heavy atom. The lowest BCUT2D eigenvalue weighted by Crippen LogP contribution is -2.28. The Balaban J connectivity index is 2.57. The molecule has 0 heterocycles. The van der Waals surface area contributed by atoms with E-state index < -0.39 is 6.61 Å². The molecule has 0 radical (unpaired) electrons. The Hall–Kier alpha value is -1.16. The van der Waals surface area contributed by atoms with Gasteiger partial charge in [-0.05, 0) is 30.0 Å². The molecule has 0 aliphatic rings.